The molecule has 3 aromatic rings. The Morgan fingerprint density at radius 2 is 1.74 bits per heavy atom. The molecule has 27 heavy (non-hydrogen) atoms. The van der Waals surface area contributed by atoms with Gasteiger partial charge in [-0.25, -0.2) is 12.8 Å². The summed E-state index contributed by atoms with van der Waals surface area (Å²) in [4.78, 5) is 0.259. The Morgan fingerprint density at radius 1 is 1.00 bits per heavy atom. The van der Waals surface area contributed by atoms with Crippen LogP contribution < -0.4 is 9.62 Å². The van der Waals surface area contributed by atoms with E-state index in [1.165, 1.54) is 16.4 Å². The molecule has 0 aliphatic carbocycles. The molecule has 0 bridgehead atoms. The number of para-hydroxylation sites is 1. The van der Waals surface area contributed by atoms with Gasteiger partial charge in [-0.1, -0.05) is 42.0 Å². The molecule has 4 nitrogen and oxygen atoms in total. The minimum Gasteiger partial charge on any atom is -0.376 e. The second kappa shape index (κ2) is 6.70. The molecule has 0 spiro atoms. The van der Waals surface area contributed by atoms with Gasteiger partial charge in [0.1, 0.15) is 5.82 Å². The number of benzene rings is 3. The maximum atomic E-state index is 13.5. The van der Waals surface area contributed by atoms with E-state index in [0.717, 1.165) is 11.1 Å². The molecule has 1 atom stereocenters. The van der Waals surface area contributed by atoms with Crippen LogP contribution in [0.15, 0.2) is 77.7 Å². The Balaban J connectivity index is 1.70. The van der Waals surface area contributed by atoms with E-state index in [1.807, 2.05) is 25.1 Å². The highest BCUT2D eigenvalue weighted by Crippen LogP contribution is 2.39. The van der Waals surface area contributed by atoms with Crippen LogP contribution in [0.1, 0.15) is 17.2 Å². The third-order valence-electron chi connectivity index (χ3n) is 4.70. The highest BCUT2D eigenvalue weighted by molar-refractivity contribution is 7.92. The van der Waals surface area contributed by atoms with Gasteiger partial charge in [-0.3, -0.25) is 4.31 Å². The third-order valence-corrected chi connectivity index (χ3v) is 6.50. The van der Waals surface area contributed by atoms with Crippen molar-refractivity contribution in [3.8, 4) is 0 Å². The summed E-state index contributed by atoms with van der Waals surface area (Å²) in [5.41, 5.74) is 3.13. The Labute approximate surface area is 158 Å². The molecular weight excluding hydrogens is 363 g/mol. The van der Waals surface area contributed by atoms with Crippen molar-refractivity contribution in [1.29, 1.82) is 0 Å². The van der Waals surface area contributed by atoms with Gasteiger partial charge in [-0.05, 0) is 43.3 Å². The number of hydrogen-bond donors (Lipinski definition) is 1. The number of aryl methyl sites for hydroxylation is 1. The molecule has 3 aromatic carbocycles. The van der Waals surface area contributed by atoms with Gasteiger partial charge < -0.3 is 5.32 Å². The number of sulfonamides is 1. The second-order valence-corrected chi connectivity index (χ2v) is 8.48. The van der Waals surface area contributed by atoms with Crippen LogP contribution in [0.2, 0.25) is 0 Å². The van der Waals surface area contributed by atoms with Crippen molar-refractivity contribution in [3.05, 3.63) is 89.7 Å². The summed E-state index contributed by atoms with van der Waals surface area (Å²) < 4.78 is 41.3. The van der Waals surface area contributed by atoms with Crippen molar-refractivity contribution >= 4 is 21.4 Å². The highest BCUT2D eigenvalue weighted by atomic mass is 32.2. The molecule has 0 amide bonds. The normalized spacial score (nSPS) is 16.2. The van der Waals surface area contributed by atoms with Gasteiger partial charge in [0.25, 0.3) is 10.0 Å². The average molecular weight is 382 g/mol. The van der Waals surface area contributed by atoms with E-state index in [1.54, 1.807) is 42.5 Å². The highest BCUT2D eigenvalue weighted by Gasteiger charge is 2.36. The molecule has 138 valence electrons. The van der Waals surface area contributed by atoms with Crippen LogP contribution in [0.4, 0.5) is 15.8 Å². The first kappa shape index (κ1) is 17.5. The fraction of sp³-hybridized carbons (Fsp3) is 0.143. The first-order chi connectivity index (χ1) is 12.9. The monoisotopic (exact) mass is 382 g/mol. The van der Waals surface area contributed by atoms with Crippen LogP contribution in [0, 0.1) is 12.7 Å². The lowest BCUT2D eigenvalue weighted by Crippen LogP contribution is -2.31. The number of halogens is 1. The van der Waals surface area contributed by atoms with E-state index in [9.17, 15) is 12.8 Å². The number of nitrogens with one attached hydrogen (secondary N) is 1. The summed E-state index contributed by atoms with van der Waals surface area (Å²) >= 11 is 0. The Bertz CT molecular complexity index is 1080. The third kappa shape index (κ3) is 3.28. The van der Waals surface area contributed by atoms with Crippen molar-refractivity contribution in [2.24, 2.45) is 0 Å². The number of nitrogens with zero attached hydrogens (tertiary/aromatic N) is 1. The molecule has 1 heterocycles. The van der Waals surface area contributed by atoms with Crippen molar-refractivity contribution in [2.45, 2.75) is 17.9 Å². The van der Waals surface area contributed by atoms with Gasteiger partial charge in [0.05, 0.1) is 23.2 Å². The van der Waals surface area contributed by atoms with E-state index in [-0.39, 0.29) is 23.3 Å². The van der Waals surface area contributed by atoms with Crippen LogP contribution >= 0.6 is 0 Å². The van der Waals surface area contributed by atoms with Crippen LogP contribution in [-0.2, 0) is 10.0 Å². The summed E-state index contributed by atoms with van der Waals surface area (Å²) in [6, 6.07) is 20.1. The molecule has 0 saturated heterocycles. The Morgan fingerprint density at radius 3 is 2.48 bits per heavy atom. The molecule has 1 N–H and O–H groups in total. The molecule has 0 fully saturated rings. The molecule has 6 heteroatoms. The number of rotatable bonds is 4. The topological polar surface area (TPSA) is 49.4 Å². The lowest BCUT2D eigenvalue weighted by molar-refractivity contribution is 0.590. The number of anilines is 2. The Hall–Kier alpha value is -2.86. The molecule has 0 aromatic heterocycles. The van der Waals surface area contributed by atoms with Gasteiger partial charge >= 0.3 is 0 Å². The maximum absolute atomic E-state index is 13.5. The largest absolute Gasteiger partial charge is 0.376 e. The summed E-state index contributed by atoms with van der Waals surface area (Å²) in [6.07, 6.45) is 0. The number of fused-ring (bicyclic) bond motifs is 1. The zero-order chi connectivity index (χ0) is 19.0. The molecular formula is C21H19FN2O2S. The first-order valence-electron chi connectivity index (χ1n) is 8.65. The Kier molecular flexibility index (Phi) is 4.36. The predicted molar refractivity (Wildman–Crippen MR) is 105 cm³/mol. The maximum Gasteiger partial charge on any atom is 0.264 e. The van der Waals surface area contributed by atoms with Crippen molar-refractivity contribution in [3.63, 3.8) is 0 Å². The van der Waals surface area contributed by atoms with Crippen molar-refractivity contribution in [2.75, 3.05) is 16.2 Å². The summed E-state index contributed by atoms with van der Waals surface area (Å²) in [7, 11) is -3.68. The lowest BCUT2D eigenvalue weighted by atomic mass is 10.1. The van der Waals surface area contributed by atoms with Gasteiger partial charge in [0.15, 0.2) is 0 Å². The van der Waals surface area contributed by atoms with E-state index < -0.39 is 10.0 Å². The summed E-state index contributed by atoms with van der Waals surface area (Å²) in [6.45, 7) is 2.16. The van der Waals surface area contributed by atoms with Crippen LogP contribution in [0.5, 0.6) is 0 Å². The molecule has 1 aliphatic rings. The SMILES string of the molecule is Cc1ccc(S(=O)(=O)N2C[C@H](Nc3cccc(F)c3)c3ccccc32)cc1. The summed E-state index contributed by atoms with van der Waals surface area (Å²) in [5.74, 6) is -0.338. The lowest BCUT2D eigenvalue weighted by Gasteiger charge is -2.20. The fourth-order valence-corrected chi connectivity index (χ4v) is 4.84. The van der Waals surface area contributed by atoms with Crippen LogP contribution in [-0.4, -0.2) is 15.0 Å². The minimum atomic E-state index is -3.68. The quantitative estimate of drug-likeness (QED) is 0.723. The van der Waals surface area contributed by atoms with Gasteiger partial charge in [-0.2, -0.15) is 0 Å². The predicted octanol–water partition coefficient (Wildman–Crippen LogP) is 4.50. The van der Waals surface area contributed by atoms with E-state index in [0.29, 0.717) is 11.4 Å². The average Bonchev–Trinajstić information content (AvgIpc) is 3.02. The zero-order valence-corrected chi connectivity index (χ0v) is 15.6. The van der Waals surface area contributed by atoms with Crippen molar-refractivity contribution in [1.82, 2.24) is 0 Å². The zero-order valence-electron chi connectivity index (χ0n) is 14.8. The van der Waals surface area contributed by atoms with E-state index in [4.69, 9.17) is 0 Å². The minimum absolute atomic E-state index is 0.242. The second-order valence-electron chi connectivity index (χ2n) is 6.62. The molecule has 0 radical (unpaired) electrons. The fourth-order valence-electron chi connectivity index (χ4n) is 3.34. The summed E-state index contributed by atoms with van der Waals surface area (Å²) in [5, 5.41) is 3.25. The molecule has 4 rings (SSSR count). The van der Waals surface area contributed by atoms with Crippen LogP contribution in [0.3, 0.4) is 0 Å². The van der Waals surface area contributed by atoms with E-state index in [2.05, 4.69) is 5.32 Å². The van der Waals surface area contributed by atoms with Crippen molar-refractivity contribution < 1.29 is 12.8 Å². The standard InChI is InChI=1S/C21H19FN2O2S/c1-15-9-11-18(12-10-15)27(25,26)24-14-20(19-7-2-3-8-21(19)24)23-17-6-4-5-16(22)13-17/h2-13,20,23H,14H2,1H3/t20-/m0/s1. The number of hydrogen-bond acceptors (Lipinski definition) is 3. The van der Waals surface area contributed by atoms with Gasteiger partial charge in [0.2, 0.25) is 0 Å². The molecule has 1 aliphatic heterocycles. The van der Waals surface area contributed by atoms with Gasteiger partial charge in [0, 0.05) is 11.3 Å². The first-order valence-corrected chi connectivity index (χ1v) is 10.1. The molecule has 0 saturated carbocycles. The molecule has 0 unspecified atom stereocenters. The van der Waals surface area contributed by atoms with Gasteiger partial charge in [-0.15, -0.1) is 0 Å². The smallest absolute Gasteiger partial charge is 0.264 e. The van der Waals surface area contributed by atoms with E-state index >= 15 is 0 Å². The van der Waals surface area contributed by atoms with Crippen LogP contribution in [0.25, 0.3) is 0 Å².